The van der Waals surface area contributed by atoms with Crippen LogP contribution in [0.5, 0.6) is 0 Å². The van der Waals surface area contributed by atoms with Gasteiger partial charge in [0.2, 0.25) is 5.91 Å². The Bertz CT molecular complexity index is 682. The highest BCUT2D eigenvalue weighted by Crippen LogP contribution is 2.27. The molecule has 1 aliphatic heterocycles. The van der Waals surface area contributed by atoms with Gasteiger partial charge in [-0.15, -0.1) is 0 Å². The van der Waals surface area contributed by atoms with Crippen molar-refractivity contribution in [2.45, 2.75) is 58.0 Å². The summed E-state index contributed by atoms with van der Waals surface area (Å²) < 4.78 is 0. The Labute approximate surface area is 143 Å². The van der Waals surface area contributed by atoms with Crippen molar-refractivity contribution in [3.8, 4) is 0 Å². The van der Waals surface area contributed by atoms with Gasteiger partial charge in [-0.2, -0.15) is 0 Å². The number of hydrogen-bond acceptors (Lipinski definition) is 3. The van der Waals surface area contributed by atoms with Crippen LogP contribution in [-0.4, -0.2) is 45.4 Å². The summed E-state index contributed by atoms with van der Waals surface area (Å²) in [6, 6.07) is 8.02. The second-order valence-electron chi connectivity index (χ2n) is 7.89. The van der Waals surface area contributed by atoms with Gasteiger partial charge in [-0.05, 0) is 59.2 Å². The van der Waals surface area contributed by atoms with Gasteiger partial charge in [0, 0.05) is 18.0 Å². The van der Waals surface area contributed by atoms with Crippen LogP contribution in [0.25, 0.3) is 11.0 Å². The normalized spacial score (nSPS) is 20.9. The molecule has 0 unspecified atom stereocenters. The topological polar surface area (TPSA) is 61.0 Å². The maximum atomic E-state index is 12.5. The van der Waals surface area contributed by atoms with E-state index >= 15 is 0 Å². The molecule has 1 fully saturated rings. The molecule has 3 rings (SSSR count). The van der Waals surface area contributed by atoms with E-state index in [4.69, 9.17) is 4.98 Å². The Morgan fingerprint density at radius 1 is 1.38 bits per heavy atom. The number of imidazole rings is 1. The highest BCUT2D eigenvalue weighted by molar-refractivity contribution is 5.82. The third-order valence-electron chi connectivity index (χ3n) is 4.67. The molecule has 0 spiro atoms. The highest BCUT2D eigenvalue weighted by atomic mass is 16.2. The minimum absolute atomic E-state index is 0.104. The van der Waals surface area contributed by atoms with E-state index in [9.17, 15) is 4.79 Å². The molecule has 2 N–H and O–H groups in total. The molecule has 2 heterocycles. The monoisotopic (exact) mass is 328 g/mol. The van der Waals surface area contributed by atoms with Crippen molar-refractivity contribution in [1.29, 1.82) is 0 Å². The molecule has 0 radical (unpaired) electrons. The van der Waals surface area contributed by atoms with Crippen molar-refractivity contribution in [2.75, 3.05) is 13.1 Å². The molecule has 1 aromatic carbocycles. The molecule has 0 bridgehead atoms. The molecule has 0 aliphatic carbocycles. The first-order chi connectivity index (χ1) is 11.3. The number of carbonyl (C=O) groups is 1. The van der Waals surface area contributed by atoms with Crippen molar-refractivity contribution in [3.63, 3.8) is 0 Å². The molecule has 0 saturated carbocycles. The fourth-order valence-corrected chi connectivity index (χ4v) is 3.39. The predicted octanol–water partition coefficient (Wildman–Crippen LogP) is 3.05. The average molecular weight is 328 g/mol. The van der Waals surface area contributed by atoms with Gasteiger partial charge >= 0.3 is 0 Å². The molecule has 1 aliphatic rings. The van der Waals surface area contributed by atoms with Gasteiger partial charge in [0.15, 0.2) is 0 Å². The number of aromatic nitrogens is 2. The molecule has 1 aromatic heterocycles. The second-order valence-corrected chi connectivity index (χ2v) is 7.89. The zero-order valence-corrected chi connectivity index (χ0v) is 15.1. The quantitative estimate of drug-likeness (QED) is 0.910. The Morgan fingerprint density at radius 2 is 2.12 bits per heavy atom. The first kappa shape index (κ1) is 17.0. The van der Waals surface area contributed by atoms with Crippen molar-refractivity contribution in [1.82, 2.24) is 20.2 Å². The zero-order chi connectivity index (χ0) is 17.3. The maximum absolute atomic E-state index is 12.5. The van der Waals surface area contributed by atoms with E-state index in [0.29, 0.717) is 5.92 Å². The smallest absolute Gasteiger partial charge is 0.237 e. The van der Waals surface area contributed by atoms with Gasteiger partial charge in [0.1, 0.15) is 5.82 Å². The number of nitrogens with one attached hydrogen (secondary N) is 2. The summed E-state index contributed by atoms with van der Waals surface area (Å²) in [5.41, 5.74) is 1.91. The van der Waals surface area contributed by atoms with E-state index in [1.54, 1.807) is 0 Å². The minimum atomic E-state index is -0.195. The number of nitrogens with zero attached hydrogens (tertiary/aromatic N) is 2. The molecular formula is C19H28N4O. The van der Waals surface area contributed by atoms with Crippen LogP contribution in [0.1, 0.15) is 52.3 Å². The van der Waals surface area contributed by atoms with Gasteiger partial charge in [-0.25, -0.2) is 4.98 Å². The van der Waals surface area contributed by atoms with Crippen LogP contribution in [0.2, 0.25) is 0 Å². The Kier molecular flexibility index (Phi) is 4.63. The molecule has 5 heteroatoms. The number of fused-ring (bicyclic) bond motifs is 1. The maximum Gasteiger partial charge on any atom is 0.237 e. The second kappa shape index (κ2) is 6.55. The summed E-state index contributed by atoms with van der Waals surface area (Å²) >= 11 is 0. The van der Waals surface area contributed by atoms with Crippen molar-refractivity contribution < 1.29 is 4.79 Å². The third kappa shape index (κ3) is 3.78. The van der Waals surface area contributed by atoms with E-state index in [0.717, 1.165) is 42.8 Å². The average Bonchev–Trinajstić information content (AvgIpc) is 2.96. The number of carbonyl (C=O) groups excluding carboxylic acids is 1. The molecular weight excluding hydrogens is 300 g/mol. The van der Waals surface area contributed by atoms with Gasteiger partial charge < -0.3 is 10.3 Å². The molecule has 2 atom stereocenters. The largest absolute Gasteiger partial charge is 0.350 e. The van der Waals surface area contributed by atoms with E-state index in [1.165, 1.54) is 0 Å². The lowest BCUT2D eigenvalue weighted by Crippen LogP contribution is -2.52. The van der Waals surface area contributed by atoms with Crippen LogP contribution in [0.15, 0.2) is 24.3 Å². The summed E-state index contributed by atoms with van der Waals surface area (Å²) in [4.78, 5) is 23.0. The standard InChI is InChI=1S/C19H28N4O/c1-13(18(24)22-19(2,3)4)23-11-7-8-14(12-23)17-20-15-9-5-6-10-16(15)21-17/h5-6,9-10,13-14H,7-8,11-12H2,1-4H3,(H,20,21)(H,22,24)/t13-,14+/m1/s1. The number of H-pyrrole nitrogens is 1. The lowest BCUT2D eigenvalue weighted by atomic mass is 9.96. The molecule has 1 amide bonds. The first-order valence-corrected chi connectivity index (χ1v) is 8.84. The van der Waals surface area contributed by atoms with Crippen LogP contribution in [0.4, 0.5) is 0 Å². The van der Waals surface area contributed by atoms with Crippen LogP contribution in [0.3, 0.4) is 0 Å². The molecule has 24 heavy (non-hydrogen) atoms. The minimum Gasteiger partial charge on any atom is -0.350 e. The fourth-order valence-electron chi connectivity index (χ4n) is 3.39. The zero-order valence-electron chi connectivity index (χ0n) is 15.1. The van der Waals surface area contributed by atoms with Crippen molar-refractivity contribution in [3.05, 3.63) is 30.1 Å². The van der Waals surface area contributed by atoms with E-state index < -0.39 is 0 Å². The highest BCUT2D eigenvalue weighted by Gasteiger charge is 2.30. The number of hydrogen-bond donors (Lipinski definition) is 2. The Balaban J connectivity index is 1.70. The van der Waals surface area contributed by atoms with Gasteiger partial charge in [0.25, 0.3) is 0 Å². The van der Waals surface area contributed by atoms with E-state index in [2.05, 4.69) is 21.3 Å². The number of rotatable bonds is 3. The summed E-state index contributed by atoms with van der Waals surface area (Å²) in [7, 11) is 0. The Hall–Kier alpha value is -1.88. The molecule has 130 valence electrons. The lowest BCUT2D eigenvalue weighted by Gasteiger charge is -2.36. The molecule has 2 aromatic rings. The molecule has 5 nitrogen and oxygen atoms in total. The SMILES string of the molecule is C[C@H](C(=O)NC(C)(C)C)N1CCC[C@H](c2nc3ccccc3[nH]2)C1. The van der Waals surface area contributed by atoms with Crippen LogP contribution >= 0.6 is 0 Å². The number of benzene rings is 1. The van der Waals surface area contributed by atoms with Crippen LogP contribution in [0, 0.1) is 0 Å². The number of para-hydroxylation sites is 2. The van der Waals surface area contributed by atoms with E-state index in [1.807, 2.05) is 45.9 Å². The fraction of sp³-hybridized carbons (Fsp3) is 0.579. The Morgan fingerprint density at radius 3 is 2.83 bits per heavy atom. The number of piperidine rings is 1. The number of aromatic amines is 1. The summed E-state index contributed by atoms with van der Waals surface area (Å²) in [6.07, 6.45) is 2.21. The number of likely N-dealkylation sites (tertiary alicyclic amines) is 1. The van der Waals surface area contributed by atoms with Crippen molar-refractivity contribution in [2.24, 2.45) is 0 Å². The summed E-state index contributed by atoms with van der Waals surface area (Å²) in [5, 5.41) is 3.09. The van der Waals surface area contributed by atoms with Gasteiger partial charge in [0.05, 0.1) is 17.1 Å². The lowest BCUT2D eigenvalue weighted by molar-refractivity contribution is -0.127. The number of amides is 1. The summed E-state index contributed by atoms with van der Waals surface area (Å²) in [5.74, 6) is 1.51. The summed E-state index contributed by atoms with van der Waals surface area (Å²) in [6.45, 7) is 9.90. The van der Waals surface area contributed by atoms with Crippen molar-refractivity contribution >= 4 is 16.9 Å². The van der Waals surface area contributed by atoms with E-state index in [-0.39, 0.29) is 17.5 Å². The van der Waals surface area contributed by atoms with Gasteiger partial charge in [-0.3, -0.25) is 9.69 Å². The van der Waals surface area contributed by atoms with Gasteiger partial charge in [-0.1, -0.05) is 12.1 Å². The van der Waals surface area contributed by atoms with Crippen LogP contribution < -0.4 is 5.32 Å². The first-order valence-electron chi connectivity index (χ1n) is 8.84. The predicted molar refractivity (Wildman–Crippen MR) is 97.0 cm³/mol. The third-order valence-corrected chi connectivity index (χ3v) is 4.67. The van der Waals surface area contributed by atoms with Crippen LogP contribution in [-0.2, 0) is 4.79 Å². The molecule has 1 saturated heterocycles.